The second kappa shape index (κ2) is 4.63. The third-order valence-electron chi connectivity index (χ3n) is 3.62. The summed E-state index contributed by atoms with van der Waals surface area (Å²) in [7, 11) is 0. The first kappa shape index (κ1) is 12.7. The highest BCUT2D eigenvalue weighted by atomic mass is 19.1. The van der Waals surface area contributed by atoms with E-state index in [9.17, 15) is 4.39 Å². The van der Waals surface area contributed by atoms with Gasteiger partial charge in [-0.1, -0.05) is 12.1 Å². The number of nitrogens with one attached hydrogen (secondary N) is 1. The molecule has 1 aliphatic rings. The average Bonchev–Trinajstić information content (AvgIpc) is 2.94. The van der Waals surface area contributed by atoms with Crippen LogP contribution >= 0.6 is 0 Å². The Hall–Kier alpha value is -2.37. The van der Waals surface area contributed by atoms with E-state index in [1.165, 1.54) is 6.07 Å². The van der Waals surface area contributed by atoms with E-state index in [1.807, 2.05) is 13.8 Å². The zero-order chi connectivity index (χ0) is 14.3. The Morgan fingerprint density at radius 3 is 2.75 bits per heavy atom. The molecule has 0 fully saturated rings. The fourth-order valence-electron chi connectivity index (χ4n) is 2.71. The monoisotopic (exact) mass is 273 g/mol. The Morgan fingerprint density at radius 1 is 1.35 bits per heavy atom. The molecule has 3 rings (SSSR count). The highest BCUT2D eigenvalue weighted by molar-refractivity contribution is 5.97. The Labute approximate surface area is 116 Å². The Balaban J connectivity index is 2.08. The SMILES string of the molecule is Cc1n[nH]c(C)c1C1CN=C(N)N1c1ccccc1F. The van der Waals surface area contributed by atoms with Crippen molar-refractivity contribution in [1.82, 2.24) is 10.2 Å². The third kappa shape index (κ3) is 1.84. The number of nitrogens with zero attached hydrogens (tertiary/aromatic N) is 3. The highest BCUT2D eigenvalue weighted by Gasteiger charge is 2.33. The standard InChI is InChI=1S/C14H16FN5/c1-8-13(9(2)19-18-8)12-7-17-14(16)20(12)11-6-4-3-5-10(11)15/h3-6,12H,7H2,1-2H3,(H2,16,17)(H,18,19). The predicted molar refractivity (Wildman–Crippen MR) is 76.2 cm³/mol. The largest absolute Gasteiger partial charge is 0.369 e. The smallest absolute Gasteiger partial charge is 0.196 e. The molecule has 2 heterocycles. The topological polar surface area (TPSA) is 70.3 Å². The van der Waals surface area contributed by atoms with Crippen LogP contribution in [0.4, 0.5) is 10.1 Å². The molecule has 1 unspecified atom stereocenters. The molecule has 20 heavy (non-hydrogen) atoms. The van der Waals surface area contributed by atoms with Gasteiger partial charge in [-0.2, -0.15) is 5.10 Å². The van der Waals surface area contributed by atoms with Gasteiger partial charge in [-0.15, -0.1) is 0 Å². The lowest BCUT2D eigenvalue weighted by Gasteiger charge is -2.27. The predicted octanol–water partition coefficient (Wildman–Crippen LogP) is 2.04. The van der Waals surface area contributed by atoms with E-state index in [4.69, 9.17) is 5.73 Å². The molecule has 3 N–H and O–H groups in total. The van der Waals surface area contributed by atoms with Gasteiger partial charge < -0.3 is 10.6 Å². The van der Waals surface area contributed by atoms with Crippen LogP contribution in [0.3, 0.4) is 0 Å². The maximum atomic E-state index is 14.1. The summed E-state index contributed by atoms with van der Waals surface area (Å²) in [5.41, 5.74) is 9.27. The van der Waals surface area contributed by atoms with Crippen molar-refractivity contribution in [3.63, 3.8) is 0 Å². The first-order valence-electron chi connectivity index (χ1n) is 6.44. The summed E-state index contributed by atoms with van der Waals surface area (Å²) in [6, 6.07) is 6.46. The van der Waals surface area contributed by atoms with Crippen LogP contribution in [0, 0.1) is 19.7 Å². The van der Waals surface area contributed by atoms with Crippen molar-refractivity contribution in [2.45, 2.75) is 19.9 Å². The first-order valence-corrected chi connectivity index (χ1v) is 6.44. The van der Waals surface area contributed by atoms with Gasteiger partial charge in [-0.3, -0.25) is 10.1 Å². The number of aryl methyl sites for hydroxylation is 2. The Kier molecular flexibility index (Phi) is 2.93. The molecule has 1 aromatic carbocycles. The summed E-state index contributed by atoms with van der Waals surface area (Å²) in [5, 5.41) is 7.15. The number of para-hydroxylation sites is 1. The molecule has 0 saturated carbocycles. The maximum absolute atomic E-state index is 14.1. The number of hydrogen-bond donors (Lipinski definition) is 2. The summed E-state index contributed by atoms with van der Waals surface area (Å²) >= 11 is 0. The molecule has 1 atom stereocenters. The molecule has 5 nitrogen and oxygen atoms in total. The Morgan fingerprint density at radius 2 is 2.10 bits per heavy atom. The number of benzene rings is 1. The fraction of sp³-hybridized carbons (Fsp3) is 0.286. The number of aromatic nitrogens is 2. The van der Waals surface area contributed by atoms with E-state index < -0.39 is 0 Å². The van der Waals surface area contributed by atoms with Gasteiger partial charge in [0.15, 0.2) is 5.96 Å². The van der Waals surface area contributed by atoms with E-state index >= 15 is 0 Å². The average molecular weight is 273 g/mol. The number of hydrogen-bond acceptors (Lipinski definition) is 4. The first-order chi connectivity index (χ1) is 9.59. The van der Waals surface area contributed by atoms with Crippen LogP contribution in [0.25, 0.3) is 0 Å². The minimum absolute atomic E-state index is 0.120. The molecule has 2 aromatic rings. The number of halogens is 1. The van der Waals surface area contributed by atoms with E-state index in [0.717, 1.165) is 17.0 Å². The van der Waals surface area contributed by atoms with Gasteiger partial charge in [0.05, 0.1) is 24.0 Å². The molecule has 0 radical (unpaired) electrons. The van der Waals surface area contributed by atoms with E-state index in [1.54, 1.807) is 23.1 Å². The molecule has 0 aliphatic carbocycles. The van der Waals surface area contributed by atoms with E-state index in [2.05, 4.69) is 15.2 Å². The quantitative estimate of drug-likeness (QED) is 0.879. The number of nitrogens with two attached hydrogens (primary N) is 1. The van der Waals surface area contributed by atoms with Crippen LogP contribution in [-0.4, -0.2) is 22.7 Å². The lowest BCUT2D eigenvalue weighted by Crippen LogP contribution is -2.37. The van der Waals surface area contributed by atoms with Crippen LogP contribution in [0.1, 0.15) is 23.0 Å². The van der Waals surface area contributed by atoms with Crippen molar-refractivity contribution in [2.24, 2.45) is 10.7 Å². The van der Waals surface area contributed by atoms with E-state index in [-0.39, 0.29) is 11.9 Å². The van der Waals surface area contributed by atoms with Gasteiger partial charge in [0, 0.05) is 11.3 Å². The minimum atomic E-state index is -0.309. The highest BCUT2D eigenvalue weighted by Crippen LogP contribution is 2.34. The van der Waals surface area contributed by atoms with Crippen LogP contribution in [0.2, 0.25) is 0 Å². The summed E-state index contributed by atoms with van der Waals surface area (Å²) in [6.07, 6.45) is 0. The molecule has 1 aromatic heterocycles. The van der Waals surface area contributed by atoms with Crippen molar-refractivity contribution < 1.29 is 4.39 Å². The van der Waals surface area contributed by atoms with Gasteiger partial charge in [0.1, 0.15) is 5.82 Å². The van der Waals surface area contributed by atoms with E-state index in [0.29, 0.717) is 18.2 Å². The van der Waals surface area contributed by atoms with Crippen molar-refractivity contribution in [3.8, 4) is 0 Å². The van der Waals surface area contributed by atoms with Gasteiger partial charge in [0.2, 0.25) is 0 Å². The minimum Gasteiger partial charge on any atom is -0.369 e. The second-order valence-corrected chi connectivity index (χ2v) is 4.88. The second-order valence-electron chi connectivity index (χ2n) is 4.88. The van der Waals surface area contributed by atoms with Crippen LogP contribution in [0.15, 0.2) is 29.3 Å². The summed E-state index contributed by atoms with van der Waals surface area (Å²) in [4.78, 5) is 6.00. The third-order valence-corrected chi connectivity index (χ3v) is 3.62. The van der Waals surface area contributed by atoms with Gasteiger partial charge in [0.25, 0.3) is 0 Å². The van der Waals surface area contributed by atoms with Crippen LogP contribution < -0.4 is 10.6 Å². The molecule has 0 saturated heterocycles. The van der Waals surface area contributed by atoms with Crippen molar-refractivity contribution in [3.05, 3.63) is 47.0 Å². The summed E-state index contributed by atoms with van der Waals surface area (Å²) in [5.74, 6) is 0.0245. The molecular weight excluding hydrogens is 257 g/mol. The summed E-state index contributed by atoms with van der Waals surface area (Å²) < 4.78 is 14.1. The fourth-order valence-corrected chi connectivity index (χ4v) is 2.71. The Bertz CT molecular complexity index is 656. The summed E-state index contributed by atoms with van der Waals surface area (Å²) in [6.45, 7) is 4.37. The zero-order valence-electron chi connectivity index (χ0n) is 11.4. The lowest BCUT2D eigenvalue weighted by molar-refractivity contribution is 0.619. The molecule has 104 valence electrons. The number of rotatable bonds is 2. The number of aliphatic imine (C=N–C) groups is 1. The molecule has 0 amide bonds. The van der Waals surface area contributed by atoms with Gasteiger partial charge in [-0.05, 0) is 26.0 Å². The molecule has 1 aliphatic heterocycles. The molecular formula is C14H16FN5. The van der Waals surface area contributed by atoms with Crippen LogP contribution in [0.5, 0.6) is 0 Å². The number of anilines is 1. The lowest BCUT2D eigenvalue weighted by atomic mass is 10.0. The number of aromatic amines is 1. The number of guanidine groups is 1. The molecule has 0 spiro atoms. The van der Waals surface area contributed by atoms with Crippen LogP contribution in [-0.2, 0) is 0 Å². The van der Waals surface area contributed by atoms with Crippen molar-refractivity contribution >= 4 is 11.6 Å². The van der Waals surface area contributed by atoms with Crippen molar-refractivity contribution in [2.75, 3.05) is 11.4 Å². The van der Waals surface area contributed by atoms with Crippen molar-refractivity contribution in [1.29, 1.82) is 0 Å². The zero-order valence-corrected chi connectivity index (χ0v) is 11.4. The molecule has 0 bridgehead atoms. The normalized spacial score (nSPS) is 18.4. The number of H-pyrrole nitrogens is 1. The maximum Gasteiger partial charge on any atom is 0.196 e. The van der Waals surface area contributed by atoms with Gasteiger partial charge in [-0.25, -0.2) is 4.39 Å². The molecule has 6 heteroatoms. The van der Waals surface area contributed by atoms with Gasteiger partial charge >= 0.3 is 0 Å².